The maximum absolute atomic E-state index is 13.0. The average Bonchev–Trinajstić information content (AvgIpc) is 3.10. The van der Waals surface area contributed by atoms with Gasteiger partial charge in [-0.3, -0.25) is 9.48 Å². The first-order valence-corrected chi connectivity index (χ1v) is 10.9. The van der Waals surface area contributed by atoms with Gasteiger partial charge in [0.2, 0.25) is 0 Å². The maximum Gasteiger partial charge on any atom is 0.322 e. The fourth-order valence-corrected chi connectivity index (χ4v) is 4.22. The Balaban J connectivity index is 1.51. The molecule has 1 N–H and O–H groups in total. The number of thioether (sulfide) groups is 1. The zero-order valence-corrected chi connectivity index (χ0v) is 17.5. The molecule has 1 fully saturated rings. The lowest BCUT2D eigenvalue weighted by atomic mass is 10.0. The third-order valence-electron chi connectivity index (χ3n) is 5.35. The van der Waals surface area contributed by atoms with Crippen LogP contribution in [0.3, 0.4) is 0 Å². The number of hydrogen-bond donors (Lipinski definition) is 1. The Bertz CT molecular complexity index is 923. The van der Waals surface area contributed by atoms with Crippen LogP contribution >= 0.6 is 11.8 Å². The molecule has 1 saturated heterocycles. The average molecular weight is 416 g/mol. The van der Waals surface area contributed by atoms with Gasteiger partial charge in [-0.15, -0.1) is 11.8 Å². The number of anilines is 1. The highest BCUT2D eigenvalue weighted by atomic mass is 32.2. The summed E-state index contributed by atoms with van der Waals surface area (Å²) in [6, 6.07) is 7.60. The Morgan fingerprint density at radius 1 is 1.17 bits per heavy atom. The van der Waals surface area contributed by atoms with E-state index in [-0.39, 0.29) is 11.9 Å². The third-order valence-corrected chi connectivity index (χ3v) is 6.08. The van der Waals surface area contributed by atoms with E-state index in [1.54, 1.807) is 26.2 Å². The van der Waals surface area contributed by atoms with Crippen molar-refractivity contribution in [3.05, 3.63) is 41.2 Å². The summed E-state index contributed by atoms with van der Waals surface area (Å²) < 4.78 is 7.12. The molecule has 0 spiro atoms. The van der Waals surface area contributed by atoms with Gasteiger partial charge in [-0.2, -0.15) is 5.10 Å². The van der Waals surface area contributed by atoms with Gasteiger partial charge in [-0.1, -0.05) is 6.07 Å². The minimum absolute atomic E-state index is 0.0833. The molecule has 0 bridgehead atoms. The van der Waals surface area contributed by atoms with Gasteiger partial charge in [0.1, 0.15) is 0 Å². The van der Waals surface area contributed by atoms with Gasteiger partial charge in [-0.05, 0) is 24.5 Å². The lowest BCUT2D eigenvalue weighted by Crippen LogP contribution is -2.42. The molecule has 8 nitrogen and oxygen atoms in total. The smallest absolute Gasteiger partial charge is 0.322 e. The van der Waals surface area contributed by atoms with Crippen LogP contribution in [0.2, 0.25) is 0 Å². The van der Waals surface area contributed by atoms with Crippen LogP contribution < -0.4 is 5.32 Å². The Labute approximate surface area is 174 Å². The number of aryl methyl sites for hydroxylation is 1. The minimum atomic E-state index is -0.164. The number of nitrogens with zero attached hydrogens (tertiary/aromatic N) is 4. The van der Waals surface area contributed by atoms with Gasteiger partial charge in [0.25, 0.3) is 5.91 Å². The van der Waals surface area contributed by atoms with Gasteiger partial charge in [-0.25, -0.2) is 4.79 Å². The van der Waals surface area contributed by atoms with E-state index in [0.717, 1.165) is 21.8 Å². The van der Waals surface area contributed by atoms with Crippen LogP contribution in [-0.4, -0.2) is 70.6 Å². The van der Waals surface area contributed by atoms with Crippen LogP contribution in [0.4, 0.5) is 10.5 Å². The number of benzene rings is 1. The lowest BCUT2D eigenvalue weighted by Gasteiger charge is -2.29. The molecule has 4 rings (SSSR count). The molecular formula is C20H25N5O3S. The molecule has 2 aromatic rings. The van der Waals surface area contributed by atoms with E-state index in [1.807, 2.05) is 37.6 Å². The second kappa shape index (κ2) is 8.46. The van der Waals surface area contributed by atoms with Crippen molar-refractivity contribution in [2.75, 3.05) is 44.4 Å². The molecule has 1 aromatic heterocycles. The number of nitrogens with one attached hydrogen (secondary N) is 1. The molecule has 0 radical (unpaired) electrons. The topological polar surface area (TPSA) is 79.7 Å². The zero-order valence-electron chi connectivity index (χ0n) is 16.7. The summed E-state index contributed by atoms with van der Waals surface area (Å²) in [6.07, 6.45) is 2.68. The van der Waals surface area contributed by atoms with E-state index >= 15 is 0 Å². The number of rotatable bonds is 3. The highest BCUT2D eigenvalue weighted by Crippen LogP contribution is 2.25. The first-order valence-electron chi connectivity index (χ1n) is 9.68. The lowest BCUT2D eigenvalue weighted by molar-refractivity contribution is 0.0297. The van der Waals surface area contributed by atoms with Gasteiger partial charge in [0.15, 0.2) is 5.69 Å². The fourth-order valence-electron chi connectivity index (χ4n) is 3.76. The summed E-state index contributed by atoms with van der Waals surface area (Å²) in [5.74, 6) is -0.0833. The van der Waals surface area contributed by atoms with E-state index in [1.165, 1.54) is 0 Å². The second-order valence-electron chi connectivity index (χ2n) is 7.14. The molecule has 3 amide bonds. The van der Waals surface area contributed by atoms with Crippen LogP contribution in [0.5, 0.6) is 0 Å². The first-order chi connectivity index (χ1) is 14.1. The standard InChI is InChI=1S/C20H25N5O3S/c1-23-17-6-7-25(20(27)21-14-4-3-5-15(12-14)29-2)13-16(17)18(22-23)19(26)24-8-10-28-11-9-24/h3-5,12H,6-11,13H2,1-2H3,(H,21,27). The Kier molecular flexibility index (Phi) is 5.77. The summed E-state index contributed by atoms with van der Waals surface area (Å²) >= 11 is 1.63. The van der Waals surface area contributed by atoms with Crippen LogP contribution in [0.15, 0.2) is 29.2 Å². The number of aromatic nitrogens is 2. The SMILES string of the molecule is CSc1cccc(NC(=O)N2CCc3c(c(C(=O)N4CCOCC4)nn3C)C2)c1. The number of hydrogen-bond acceptors (Lipinski definition) is 5. The summed E-state index contributed by atoms with van der Waals surface area (Å²) in [7, 11) is 1.86. The monoisotopic (exact) mass is 415 g/mol. The molecule has 154 valence electrons. The second-order valence-corrected chi connectivity index (χ2v) is 8.02. The molecule has 0 aliphatic carbocycles. The van der Waals surface area contributed by atoms with Crippen molar-refractivity contribution < 1.29 is 14.3 Å². The van der Waals surface area contributed by atoms with E-state index in [9.17, 15) is 9.59 Å². The van der Waals surface area contributed by atoms with Crippen molar-refractivity contribution in [2.45, 2.75) is 17.9 Å². The quantitative estimate of drug-likeness (QED) is 0.778. The minimum Gasteiger partial charge on any atom is -0.378 e. The molecule has 3 heterocycles. The Morgan fingerprint density at radius 3 is 2.72 bits per heavy atom. The number of carbonyl (C=O) groups excluding carboxylic acids is 2. The van der Waals surface area contributed by atoms with Crippen molar-refractivity contribution in [3.63, 3.8) is 0 Å². The Hall–Kier alpha value is -2.52. The number of amides is 3. The number of carbonyl (C=O) groups is 2. The molecule has 0 saturated carbocycles. The van der Waals surface area contributed by atoms with Gasteiger partial charge in [0, 0.05) is 54.9 Å². The van der Waals surface area contributed by atoms with E-state index < -0.39 is 0 Å². The molecule has 0 unspecified atom stereocenters. The molecule has 1 aromatic carbocycles. The van der Waals surface area contributed by atoms with Crippen LogP contribution in [0.25, 0.3) is 0 Å². The van der Waals surface area contributed by atoms with Crippen LogP contribution in [0.1, 0.15) is 21.7 Å². The summed E-state index contributed by atoms with van der Waals surface area (Å²) in [5.41, 5.74) is 3.09. The van der Waals surface area contributed by atoms with Gasteiger partial charge >= 0.3 is 6.03 Å². The Morgan fingerprint density at radius 2 is 1.97 bits per heavy atom. The highest BCUT2D eigenvalue weighted by molar-refractivity contribution is 7.98. The highest BCUT2D eigenvalue weighted by Gasteiger charge is 2.31. The number of morpholine rings is 1. The number of ether oxygens (including phenoxy) is 1. The predicted octanol–water partition coefficient (Wildman–Crippen LogP) is 2.20. The van der Waals surface area contributed by atoms with Crippen molar-refractivity contribution in [1.29, 1.82) is 0 Å². The van der Waals surface area contributed by atoms with Crippen molar-refractivity contribution >= 4 is 29.4 Å². The van der Waals surface area contributed by atoms with Gasteiger partial charge in [0.05, 0.1) is 19.8 Å². The van der Waals surface area contributed by atoms with E-state index in [0.29, 0.717) is 51.5 Å². The molecular weight excluding hydrogens is 390 g/mol. The number of fused-ring (bicyclic) bond motifs is 1. The van der Waals surface area contributed by atoms with E-state index in [2.05, 4.69) is 10.4 Å². The largest absolute Gasteiger partial charge is 0.378 e. The summed E-state index contributed by atoms with van der Waals surface area (Å²) in [4.78, 5) is 30.4. The molecule has 9 heteroatoms. The predicted molar refractivity (Wildman–Crippen MR) is 111 cm³/mol. The zero-order chi connectivity index (χ0) is 20.4. The van der Waals surface area contributed by atoms with Gasteiger partial charge < -0.3 is 19.9 Å². The summed E-state index contributed by atoms with van der Waals surface area (Å²) in [5, 5.41) is 7.46. The third kappa shape index (κ3) is 4.11. The van der Waals surface area contributed by atoms with Crippen molar-refractivity contribution in [3.8, 4) is 0 Å². The number of urea groups is 1. The first kappa shape index (κ1) is 19.8. The molecule has 0 atom stereocenters. The molecule has 2 aliphatic heterocycles. The molecule has 2 aliphatic rings. The van der Waals surface area contributed by atoms with Crippen LogP contribution in [-0.2, 0) is 24.8 Å². The normalized spacial score (nSPS) is 16.5. The van der Waals surface area contributed by atoms with Crippen LogP contribution in [0, 0.1) is 0 Å². The van der Waals surface area contributed by atoms with Crippen molar-refractivity contribution in [2.24, 2.45) is 7.05 Å². The fraction of sp³-hybridized carbons (Fsp3) is 0.450. The summed E-state index contributed by atoms with van der Waals surface area (Å²) in [6.45, 7) is 3.20. The van der Waals surface area contributed by atoms with Crippen molar-refractivity contribution in [1.82, 2.24) is 19.6 Å². The van der Waals surface area contributed by atoms with E-state index in [4.69, 9.17) is 4.74 Å². The molecule has 29 heavy (non-hydrogen) atoms. The maximum atomic E-state index is 13.0.